The quantitative estimate of drug-likeness (QED) is 0.579. The number of hydrogen-bond donors (Lipinski definition) is 2. The van der Waals surface area contributed by atoms with E-state index in [0.29, 0.717) is 0 Å². The second-order valence-electron chi connectivity index (χ2n) is 6.28. The highest BCUT2D eigenvalue weighted by Crippen LogP contribution is 2.18. The molecule has 2 N–H and O–H groups in total. The fraction of sp³-hybridized carbons (Fsp3) is 0.211. The van der Waals surface area contributed by atoms with Gasteiger partial charge in [0.05, 0.1) is 5.69 Å². The summed E-state index contributed by atoms with van der Waals surface area (Å²) in [7, 11) is -2.19. The summed E-state index contributed by atoms with van der Waals surface area (Å²) in [4.78, 5) is 15.7. The summed E-state index contributed by atoms with van der Waals surface area (Å²) in [5, 5.41) is 6.83. The predicted octanol–water partition coefficient (Wildman–Crippen LogP) is 1.61. The number of aromatic nitrogens is 3. The Hall–Kier alpha value is -3.11. The van der Waals surface area contributed by atoms with Crippen LogP contribution in [-0.2, 0) is 28.4 Å². The van der Waals surface area contributed by atoms with Gasteiger partial charge in [0.25, 0.3) is 0 Å². The summed E-state index contributed by atoms with van der Waals surface area (Å²) in [5.41, 5.74) is 2.56. The van der Waals surface area contributed by atoms with Crippen LogP contribution in [-0.4, -0.2) is 35.6 Å². The molecule has 0 aliphatic rings. The number of aryl methyl sites for hydroxylation is 1. The molecule has 0 saturated heterocycles. The standard InChI is InChI=1S/C19H20FN5O3S/c1-25-17(6-8-23-25)15-10-14(11-21-13-15)12-22-19(26)7-9-24-29(27,28)18-5-3-2-4-16(18)20/h2-6,8,10-11,13,24H,7,9,12H2,1H3,(H,22,26). The van der Waals surface area contributed by atoms with E-state index in [9.17, 15) is 17.6 Å². The van der Waals surface area contributed by atoms with Gasteiger partial charge in [0.15, 0.2) is 0 Å². The molecule has 3 rings (SSSR count). The molecule has 0 saturated carbocycles. The lowest BCUT2D eigenvalue weighted by molar-refractivity contribution is -0.121. The fourth-order valence-electron chi connectivity index (χ4n) is 2.71. The Morgan fingerprint density at radius 3 is 2.72 bits per heavy atom. The summed E-state index contributed by atoms with van der Waals surface area (Å²) in [6.07, 6.45) is 4.95. The van der Waals surface area contributed by atoms with Crippen LogP contribution in [0.5, 0.6) is 0 Å². The summed E-state index contributed by atoms with van der Waals surface area (Å²) in [5.74, 6) is -1.18. The van der Waals surface area contributed by atoms with Gasteiger partial charge in [-0.15, -0.1) is 0 Å². The number of nitrogens with one attached hydrogen (secondary N) is 2. The Morgan fingerprint density at radius 2 is 2.00 bits per heavy atom. The minimum absolute atomic E-state index is 0.0808. The van der Waals surface area contributed by atoms with Crippen LogP contribution in [0.2, 0.25) is 0 Å². The van der Waals surface area contributed by atoms with Crippen molar-refractivity contribution in [2.45, 2.75) is 17.9 Å². The molecular weight excluding hydrogens is 397 g/mol. The van der Waals surface area contributed by atoms with Gasteiger partial charge < -0.3 is 5.32 Å². The highest BCUT2D eigenvalue weighted by Gasteiger charge is 2.18. The van der Waals surface area contributed by atoms with Crippen molar-refractivity contribution >= 4 is 15.9 Å². The van der Waals surface area contributed by atoms with E-state index in [1.165, 1.54) is 18.2 Å². The number of nitrogens with zero attached hydrogens (tertiary/aromatic N) is 3. The number of hydrogen-bond acceptors (Lipinski definition) is 5. The Kier molecular flexibility index (Phi) is 6.35. The molecule has 1 aromatic carbocycles. The summed E-state index contributed by atoms with van der Waals surface area (Å²) in [6.45, 7) is 0.105. The van der Waals surface area contributed by atoms with Gasteiger partial charge in [-0.3, -0.25) is 14.5 Å². The van der Waals surface area contributed by atoms with Gasteiger partial charge in [-0.05, 0) is 29.8 Å². The Bertz CT molecular complexity index is 1110. The van der Waals surface area contributed by atoms with Crippen molar-refractivity contribution in [3.63, 3.8) is 0 Å². The Morgan fingerprint density at radius 1 is 1.21 bits per heavy atom. The molecule has 2 heterocycles. The highest BCUT2D eigenvalue weighted by atomic mass is 32.2. The van der Waals surface area contributed by atoms with E-state index in [4.69, 9.17) is 0 Å². The summed E-state index contributed by atoms with van der Waals surface area (Å²) in [6, 6.07) is 8.82. The van der Waals surface area contributed by atoms with E-state index >= 15 is 0 Å². The topological polar surface area (TPSA) is 106 Å². The number of amides is 1. The zero-order valence-electron chi connectivity index (χ0n) is 15.7. The average Bonchev–Trinajstić information content (AvgIpc) is 3.12. The molecule has 0 atom stereocenters. The van der Waals surface area contributed by atoms with E-state index in [-0.39, 0.29) is 25.4 Å². The molecule has 0 bridgehead atoms. The van der Waals surface area contributed by atoms with E-state index in [1.807, 2.05) is 19.2 Å². The van der Waals surface area contributed by atoms with Crippen molar-refractivity contribution in [2.24, 2.45) is 7.05 Å². The monoisotopic (exact) mass is 417 g/mol. The van der Waals surface area contributed by atoms with Crippen molar-refractivity contribution < 1.29 is 17.6 Å². The molecule has 0 radical (unpaired) electrons. The zero-order chi connectivity index (χ0) is 20.9. The third kappa shape index (κ3) is 5.24. The number of carbonyl (C=O) groups excluding carboxylic acids is 1. The highest BCUT2D eigenvalue weighted by molar-refractivity contribution is 7.89. The minimum Gasteiger partial charge on any atom is -0.352 e. The lowest BCUT2D eigenvalue weighted by atomic mass is 10.1. The average molecular weight is 417 g/mol. The number of pyridine rings is 1. The van der Waals surface area contributed by atoms with Crippen LogP contribution in [0.4, 0.5) is 4.39 Å². The molecule has 10 heteroatoms. The summed E-state index contributed by atoms with van der Waals surface area (Å²) < 4.78 is 41.8. The third-order valence-electron chi connectivity index (χ3n) is 4.17. The number of halogens is 1. The molecule has 1 amide bonds. The van der Waals surface area contributed by atoms with Crippen molar-refractivity contribution in [2.75, 3.05) is 6.54 Å². The largest absolute Gasteiger partial charge is 0.352 e. The van der Waals surface area contributed by atoms with Crippen LogP contribution in [0.15, 0.2) is 59.9 Å². The lowest BCUT2D eigenvalue weighted by Crippen LogP contribution is -2.31. The van der Waals surface area contributed by atoms with Crippen molar-refractivity contribution in [1.82, 2.24) is 24.8 Å². The van der Waals surface area contributed by atoms with Crippen molar-refractivity contribution in [1.29, 1.82) is 0 Å². The Balaban J connectivity index is 1.51. The maximum Gasteiger partial charge on any atom is 0.243 e. The molecule has 0 spiro atoms. The number of rotatable bonds is 8. The fourth-order valence-corrected chi connectivity index (χ4v) is 3.82. The first-order valence-corrected chi connectivity index (χ1v) is 10.3. The molecule has 2 aromatic heterocycles. The van der Waals surface area contributed by atoms with E-state index in [0.717, 1.165) is 22.9 Å². The zero-order valence-corrected chi connectivity index (χ0v) is 16.5. The van der Waals surface area contributed by atoms with Gasteiger partial charge in [0.1, 0.15) is 10.7 Å². The van der Waals surface area contributed by atoms with Crippen molar-refractivity contribution in [3.05, 3.63) is 66.4 Å². The Labute approximate surface area is 167 Å². The van der Waals surface area contributed by atoms with Gasteiger partial charge in [0, 0.05) is 50.7 Å². The SMILES string of the molecule is Cn1nccc1-c1cncc(CNC(=O)CCNS(=O)(=O)c2ccccc2F)c1. The first-order chi connectivity index (χ1) is 13.9. The molecule has 8 nitrogen and oxygen atoms in total. The molecule has 0 aliphatic heterocycles. The van der Waals surface area contributed by atoms with E-state index < -0.39 is 20.7 Å². The second kappa shape index (κ2) is 8.93. The maximum atomic E-state index is 13.6. The molecule has 29 heavy (non-hydrogen) atoms. The van der Waals surface area contributed by atoms with Gasteiger partial charge >= 0.3 is 0 Å². The third-order valence-corrected chi connectivity index (χ3v) is 5.67. The molecule has 0 fully saturated rings. The number of benzene rings is 1. The number of sulfonamides is 1. The van der Waals surface area contributed by atoms with Gasteiger partial charge in [0.2, 0.25) is 15.9 Å². The van der Waals surface area contributed by atoms with E-state index in [1.54, 1.807) is 23.3 Å². The van der Waals surface area contributed by atoms with Crippen LogP contribution in [0.3, 0.4) is 0 Å². The molecular formula is C19H20FN5O3S. The molecule has 3 aromatic rings. The number of carbonyl (C=O) groups is 1. The van der Waals surface area contributed by atoms with Crippen LogP contribution in [0.25, 0.3) is 11.3 Å². The summed E-state index contributed by atoms with van der Waals surface area (Å²) >= 11 is 0. The van der Waals surface area contributed by atoms with Crippen LogP contribution >= 0.6 is 0 Å². The van der Waals surface area contributed by atoms with Gasteiger partial charge in [-0.2, -0.15) is 5.10 Å². The van der Waals surface area contributed by atoms with Crippen LogP contribution in [0, 0.1) is 5.82 Å². The van der Waals surface area contributed by atoms with Gasteiger partial charge in [-0.1, -0.05) is 12.1 Å². The molecule has 0 aliphatic carbocycles. The molecule has 0 unspecified atom stereocenters. The van der Waals surface area contributed by atoms with Crippen LogP contribution < -0.4 is 10.0 Å². The predicted molar refractivity (Wildman–Crippen MR) is 104 cm³/mol. The second-order valence-corrected chi connectivity index (χ2v) is 8.01. The maximum absolute atomic E-state index is 13.6. The first kappa shape index (κ1) is 20.6. The minimum atomic E-state index is -4.01. The normalized spacial score (nSPS) is 11.4. The van der Waals surface area contributed by atoms with Gasteiger partial charge in [-0.25, -0.2) is 17.5 Å². The van der Waals surface area contributed by atoms with Crippen LogP contribution in [0.1, 0.15) is 12.0 Å². The first-order valence-electron chi connectivity index (χ1n) is 8.80. The lowest BCUT2D eigenvalue weighted by Gasteiger charge is -2.09. The van der Waals surface area contributed by atoms with Crippen molar-refractivity contribution in [3.8, 4) is 11.3 Å². The smallest absolute Gasteiger partial charge is 0.243 e. The molecule has 152 valence electrons. The van der Waals surface area contributed by atoms with E-state index in [2.05, 4.69) is 20.1 Å².